The second kappa shape index (κ2) is 10.1. The molecule has 0 atom stereocenters. The van der Waals surface area contributed by atoms with Gasteiger partial charge in [-0.05, 0) is 67.4 Å². The fourth-order valence-electron chi connectivity index (χ4n) is 4.45. The predicted molar refractivity (Wildman–Crippen MR) is 141 cm³/mol. The first-order valence-electron chi connectivity index (χ1n) is 11.5. The maximum atomic E-state index is 14.3. The Morgan fingerprint density at radius 3 is 2.10 bits per heavy atom. The number of sulfonamides is 1. The lowest BCUT2D eigenvalue weighted by Crippen LogP contribution is -2.36. The molecule has 1 N–H and O–H groups in total. The summed E-state index contributed by atoms with van der Waals surface area (Å²) in [6, 6.07) is 18.2. The monoisotopic (exact) mass is 556 g/mol. The van der Waals surface area contributed by atoms with Crippen LogP contribution in [0.1, 0.15) is 37.7 Å². The lowest BCUT2D eigenvalue weighted by Gasteiger charge is -2.21. The molecule has 0 bridgehead atoms. The Hall–Kier alpha value is -4.38. The number of carbonyl (C=O) groups is 2. The quantitative estimate of drug-likeness (QED) is 0.310. The van der Waals surface area contributed by atoms with Gasteiger partial charge in [0.05, 0.1) is 34.3 Å². The van der Waals surface area contributed by atoms with E-state index in [1.54, 1.807) is 18.2 Å². The summed E-state index contributed by atoms with van der Waals surface area (Å²) in [5, 5.41) is 9.25. The molecule has 39 heavy (non-hydrogen) atoms. The number of carboxylic acids is 1. The van der Waals surface area contributed by atoms with Gasteiger partial charge in [0, 0.05) is 11.4 Å². The average Bonchev–Trinajstić information content (AvgIpc) is 3.16. The largest absolute Gasteiger partial charge is 0.478 e. The van der Waals surface area contributed by atoms with Crippen LogP contribution in [0.25, 0.3) is 16.8 Å². The fourth-order valence-corrected chi connectivity index (χ4v) is 5.36. The van der Waals surface area contributed by atoms with Gasteiger partial charge in [-0.1, -0.05) is 36.4 Å². The summed E-state index contributed by atoms with van der Waals surface area (Å²) in [6.45, 7) is 2.96. The molecule has 0 fully saturated rings. The third kappa shape index (κ3) is 5.44. The highest BCUT2D eigenvalue weighted by atomic mass is 32.2. The van der Waals surface area contributed by atoms with E-state index in [4.69, 9.17) is 0 Å². The molecule has 4 aromatic rings. The number of benzene rings is 3. The summed E-state index contributed by atoms with van der Waals surface area (Å²) < 4.78 is 69.9. The van der Waals surface area contributed by atoms with Gasteiger partial charge in [-0.2, -0.15) is 13.2 Å². The van der Waals surface area contributed by atoms with Crippen LogP contribution in [0.2, 0.25) is 0 Å². The zero-order valence-electron chi connectivity index (χ0n) is 21.0. The first kappa shape index (κ1) is 27.6. The number of hydrogen-bond acceptors (Lipinski definition) is 4. The summed E-state index contributed by atoms with van der Waals surface area (Å²) in [5.74, 6) is -2.11. The minimum atomic E-state index is -4.80. The molecule has 0 aliphatic heterocycles. The number of amides is 1. The molecule has 1 aromatic heterocycles. The van der Waals surface area contributed by atoms with Crippen molar-refractivity contribution in [2.45, 2.75) is 20.0 Å². The number of aryl methyl sites for hydroxylation is 1. The topological polar surface area (TPSA) is 96.7 Å². The summed E-state index contributed by atoms with van der Waals surface area (Å²) in [7, 11) is -4.07. The smallest absolute Gasteiger partial charge is 0.418 e. The van der Waals surface area contributed by atoms with E-state index in [1.807, 2.05) is 0 Å². The Balaban J connectivity index is 1.87. The SMILES string of the molecule is Cc1cc(C(=O)N(c2ccccc2)S(C)(=O)=O)c(C)n1-c1ccc(-c2cccc(C(=O)O)c2)cc1C(F)(F)F. The summed E-state index contributed by atoms with van der Waals surface area (Å²) in [5.41, 5.74) is -0.483. The minimum absolute atomic E-state index is 0.0702. The van der Waals surface area contributed by atoms with Gasteiger partial charge < -0.3 is 9.67 Å². The van der Waals surface area contributed by atoms with Crippen molar-refractivity contribution >= 4 is 27.6 Å². The van der Waals surface area contributed by atoms with Crippen LogP contribution in [0.3, 0.4) is 0 Å². The Morgan fingerprint density at radius 2 is 1.51 bits per heavy atom. The van der Waals surface area contributed by atoms with Crippen molar-refractivity contribution in [2.75, 3.05) is 10.6 Å². The second-order valence-electron chi connectivity index (χ2n) is 8.90. The molecule has 1 amide bonds. The van der Waals surface area contributed by atoms with Crippen molar-refractivity contribution in [3.63, 3.8) is 0 Å². The molecule has 0 saturated heterocycles. The van der Waals surface area contributed by atoms with Gasteiger partial charge in [-0.15, -0.1) is 0 Å². The summed E-state index contributed by atoms with van der Waals surface area (Å²) in [6.07, 6.45) is -3.93. The van der Waals surface area contributed by atoms with Gasteiger partial charge in [0.1, 0.15) is 0 Å². The molecule has 0 spiro atoms. The van der Waals surface area contributed by atoms with Crippen LogP contribution in [0, 0.1) is 13.8 Å². The zero-order valence-corrected chi connectivity index (χ0v) is 21.8. The summed E-state index contributed by atoms with van der Waals surface area (Å²) >= 11 is 0. The van der Waals surface area contributed by atoms with E-state index < -0.39 is 33.6 Å². The van der Waals surface area contributed by atoms with Gasteiger partial charge in [0.25, 0.3) is 5.91 Å². The van der Waals surface area contributed by atoms with Gasteiger partial charge in [-0.3, -0.25) is 4.79 Å². The van der Waals surface area contributed by atoms with Gasteiger partial charge >= 0.3 is 12.1 Å². The van der Waals surface area contributed by atoms with Crippen LogP contribution >= 0.6 is 0 Å². The van der Waals surface area contributed by atoms with Crippen molar-refractivity contribution in [3.05, 3.63) is 107 Å². The third-order valence-electron chi connectivity index (χ3n) is 6.15. The number of carbonyl (C=O) groups excluding carboxylic acids is 1. The number of hydrogen-bond donors (Lipinski definition) is 1. The first-order chi connectivity index (χ1) is 18.2. The molecule has 202 valence electrons. The fraction of sp³-hybridized carbons (Fsp3) is 0.143. The molecule has 0 unspecified atom stereocenters. The van der Waals surface area contributed by atoms with E-state index in [0.29, 0.717) is 4.31 Å². The molecular formula is C28H23F3N2O5S. The number of carboxylic acid groups (broad SMARTS) is 1. The van der Waals surface area contributed by atoms with Crippen LogP contribution < -0.4 is 4.31 Å². The average molecular weight is 557 g/mol. The molecule has 0 radical (unpaired) electrons. The van der Waals surface area contributed by atoms with Crippen molar-refractivity contribution in [2.24, 2.45) is 0 Å². The normalized spacial score (nSPS) is 11.8. The number of nitrogens with zero attached hydrogens (tertiary/aromatic N) is 2. The molecule has 7 nitrogen and oxygen atoms in total. The van der Waals surface area contributed by atoms with Crippen molar-refractivity contribution in [3.8, 4) is 16.8 Å². The van der Waals surface area contributed by atoms with E-state index in [9.17, 15) is 36.3 Å². The number of aromatic carboxylic acids is 1. The molecule has 1 heterocycles. The maximum Gasteiger partial charge on any atom is 0.418 e. The van der Waals surface area contributed by atoms with E-state index >= 15 is 0 Å². The Morgan fingerprint density at radius 1 is 0.872 bits per heavy atom. The van der Waals surface area contributed by atoms with Crippen LogP contribution in [-0.4, -0.2) is 36.2 Å². The lowest BCUT2D eigenvalue weighted by molar-refractivity contribution is -0.137. The number of alkyl halides is 3. The molecule has 11 heteroatoms. The molecular weight excluding hydrogens is 533 g/mol. The Kier molecular flexibility index (Phi) is 7.14. The van der Waals surface area contributed by atoms with Crippen molar-refractivity contribution < 1.29 is 36.3 Å². The highest BCUT2D eigenvalue weighted by Gasteiger charge is 2.36. The molecule has 4 rings (SSSR count). The van der Waals surface area contributed by atoms with Crippen LogP contribution in [0.5, 0.6) is 0 Å². The van der Waals surface area contributed by atoms with Crippen LogP contribution in [0.15, 0.2) is 78.9 Å². The number of para-hydroxylation sites is 1. The van der Waals surface area contributed by atoms with Crippen LogP contribution in [0.4, 0.5) is 18.9 Å². The molecule has 0 saturated carbocycles. The second-order valence-corrected chi connectivity index (χ2v) is 10.7. The molecule has 3 aromatic carbocycles. The maximum absolute atomic E-state index is 14.3. The van der Waals surface area contributed by atoms with E-state index in [-0.39, 0.29) is 45.0 Å². The number of halogens is 3. The Labute approximate surface area is 222 Å². The molecule has 0 aliphatic rings. The zero-order chi connectivity index (χ0) is 28.7. The third-order valence-corrected chi connectivity index (χ3v) is 7.19. The highest BCUT2D eigenvalue weighted by molar-refractivity contribution is 7.92. The molecule has 0 aliphatic carbocycles. The highest BCUT2D eigenvalue weighted by Crippen LogP contribution is 2.38. The van der Waals surface area contributed by atoms with Gasteiger partial charge in [0.2, 0.25) is 10.0 Å². The van der Waals surface area contributed by atoms with Crippen molar-refractivity contribution in [1.82, 2.24) is 4.57 Å². The van der Waals surface area contributed by atoms with Gasteiger partial charge in [-0.25, -0.2) is 17.5 Å². The Bertz CT molecular complexity index is 1690. The number of rotatable bonds is 6. The lowest BCUT2D eigenvalue weighted by atomic mass is 9.99. The first-order valence-corrected chi connectivity index (χ1v) is 13.4. The van der Waals surface area contributed by atoms with E-state index in [0.717, 1.165) is 12.3 Å². The predicted octanol–water partition coefficient (Wildman–Crippen LogP) is 6.08. The van der Waals surface area contributed by atoms with E-state index in [1.165, 1.54) is 73.0 Å². The standard InChI is InChI=1S/C28H23F3N2O5S/c1-17-14-23(26(34)33(39(3,37)38)22-10-5-4-6-11-22)18(2)32(17)25-13-12-20(16-24(25)28(29,30)31)19-8-7-9-21(15-19)27(35)36/h4-16H,1-3H3,(H,35,36). The van der Waals surface area contributed by atoms with Crippen molar-refractivity contribution in [1.29, 1.82) is 0 Å². The minimum Gasteiger partial charge on any atom is -0.478 e. The number of aromatic nitrogens is 1. The summed E-state index contributed by atoms with van der Waals surface area (Å²) in [4.78, 5) is 24.8. The van der Waals surface area contributed by atoms with Crippen LogP contribution in [-0.2, 0) is 16.2 Å². The van der Waals surface area contributed by atoms with Gasteiger partial charge in [0.15, 0.2) is 0 Å². The number of anilines is 1. The van der Waals surface area contributed by atoms with E-state index in [2.05, 4.69) is 0 Å².